The lowest BCUT2D eigenvalue weighted by molar-refractivity contribution is -0.136. The maximum absolute atomic E-state index is 13.6. The number of rotatable bonds is 3. The maximum Gasteiger partial charge on any atom is 0.418 e. The van der Waals surface area contributed by atoms with Gasteiger partial charge in [-0.15, -0.1) is 5.10 Å². The van der Waals surface area contributed by atoms with Crippen LogP contribution in [0.3, 0.4) is 0 Å². The molecule has 0 spiro atoms. The monoisotopic (exact) mass is 452 g/mol. The molecular weight excluding hydrogens is 437 g/mol. The molecule has 1 aliphatic rings. The van der Waals surface area contributed by atoms with E-state index in [0.717, 1.165) is 11.8 Å². The molecule has 5 aromatic rings. The number of imidazole rings is 1. The Bertz CT molecular complexity index is 1440. The van der Waals surface area contributed by atoms with E-state index in [9.17, 15) is 13.2 Å². The molecule has 0 saturated heterocycles. The third-order valence-electron chi connectivity index (χ3n) is 5.58. The van der Waals surface area contributed by atoms with Gasteiger partial charge < -0.3 is 14.3 Å². The van der Waals surface area contributed by atoms with Gasteiger partial charge in [-0.05, 0) is 30.3 Å². The zero-order valence-corrected chi connectivity index (χ0v) is 16.9. The van der Waals surface area contributed by atoms with Crippen LogP contribution in [0.15, 0.2) is 59.5 Å². The molecule has 0 amide bonds. The number of nitrogens with one attached hydrogen (secondary N) is 1. The number of alkyl halides is 3. The molecular formula is C21H15F3N8O. The molecule has 0 fully saturated rings. The number of halogens is 3. The van der Waals surface area contributed by atoms with Crippen molar-refractivity contribution in [1.29, 1.82) is 0 Å². The normalized spacial score (nSPS) is 16.3. The molecule has 0 bridgehead atoms. The second-order valence-corrected chi connectivity index (χ2v) is 7.54. The smallest absolute Gasteiger partial charge is 0.402 e. The van der Waals surface area contributed by atoms with Gasteiger partial charge in [-0.2, -0.15) is 18.3 Å². The van der Waals surface area contributed by atoms with Crippen molar-refractivity contribution >= 4 is 11.5 Å². The molecule has 1 aliphatic heterocycles. The second kappa shape index (κ2) is 7.15. The van der Waals surface area contributed by atoms with Crippen LogP contribution in [0.25, 0.3) is 17.1 Å². The van der Waals surface area contributed by atoms with Gasteiger partial charge in [0.25, 0.3) is 5.89 Å². The molecule has 1 atom stereocenters. The number of hydrogen-bond donors (Lipinski definition) is 1. The highest BCUT2D eigenvalue weighted by Gasteiger charge is 2.38. The second-order valence-electron chi connectivity index (χ2n) is 7.54. The molecule has 5 aromatic heterocycles. The van der Waals surface area contributed by atoms with E-state index < -0.39 is 17.8 Å². The lowest BCUT2D eigenvalue weighted by atomic mass is 10.00. The fourth-order valence-corrected chi connectivity index (χ4v) is 4.11. The van der Waals surface area contributed by atoms with Gasteiger partial charge in [0.1, 0.15) is 11.7 Å². The summed E-state index contributed by atoms with van der Waals surface area (Å²) in [6, 6.07) is 8.72. The minimum Gasteiger partial charge on any atom is -0.402 e. The van der Waals surface area contributed by atoms with Crippen molar-refractivity contribution < 1.29 is 17.6 Å². The minimum absolute atomic E-state index is 0.0395. The molecule has 0 aromatic carbocycles. The first-order valence-electron chi connectivity index (χ1n) is 10.1. The molecule has 33 heavy (non-hydrogen) atoms. The Morgan fingerprint density at radius 3 is 2.82 bits per heavy atom. The number of H-pyrrole nitrogens is 1. The highest BCUT2D eigenvalue weighted by molar-refractivity contribution is 5.59. The summed E-state index contributed by atoms with van der Waals surface area (Å²) >= 11 is 0. The first kappa shape index (κ1) is 19.5. The van der Waals surface area contributed by atoms with Gasteiger partial charge in [-0.1, -0.05) is 11.2 Å². The van der Waals surface area contributed by atoms with E-state index in [4.69, 9.17) is 4.42 Å². The average Bonchev–Trinajstić information content (AvgIpc) is 3.56. The van der Waals surface area contributed by atoms with Crippen molar-refractivity contribution in [3.63, 3.8) is 0 Å². The number of nitrogens with zero attached hydrogens (tertiary/aromatic N) is 7. The Morgan fingerprint density at radius 2 is 2.00 bits per heavy atom. The molecule has 0 saturated carbocycles. The standard InChI is InChI=1S/C21H15F3N8O/c22-21(23,24)12-4-3-8-32-16(12)10-15(30-32)18-17-13(26-11-27-17)6-9-31(18)20-29-28-19(33-20)14-5-1-2-7-25-14/h1-5,7-8,10-11,18H,6,9H2,(H,26,27)/t18-/m1/s1. The molecule has 6 rings (SSSR count). The van der Waals surface area contributed by atoms with Gasteiger partial charge in [0.2, 0.25) is 0 Å². The molecule has 6 heterocycles. The Kier molecular flexibility index (Phi) is 4.22. The topological polar surface area (TPSA) is 101 Å². The lowest BCUT2D eigenvalue weighted by Crippen LogP contribution is -2.36. The summed E-state index contributed by atoms with van der Waals surface area (Å²) in [5, 5.41) is 12.7. The molecule has 0 aliphatic carbocycles. The Hall–Kier alpha value is -4.22. The van der Waals surface area contributed by atoms with E-state index in [2.05, 4.69) is 30.2 Å². The van der Waals surface area contributed by atoms with Gasteiger partial charge in [-0.25, -0.2) is 9.50 Å². The van der Waals surface area contributed by atoms with Crippen molar-refractivity contribution in [1.82, 2.24) is 34.8 Å². The molecule has 1 N–H and O–H groups in total. The summed E-state index contributed by atoms with van der Waals surface area (Å²) in [6.07, 6.45) is 0.777. The number of fused-ring (bicyclic) bond motifs is 2. The first-order chi connectivity index (χ1) is 16.0. The van der Waals surface area contributed by atoms with Gasteiger partial charge in [0.15, 0.2) is 0 Å². The molecule has 12 heteroatoms. The van der Waals surface area contributed by atoms with Gasteiger partial charge in [0, 0.05) is 31.1 Å². The molecule has 0 unspecified atom stereocenters. The lowest BCUT2D eigenvalue weighted by Gasteiger charge is -2.32. The van der Waals surface area contributed by atoms with Gasteiger partial charge in [0.05, 0.1) is 28.8 Å². The number of aromatic amines is 1. The van der Waals surface area contributed by atoms with E-state index in [1.54, 1.807) is 35.6 Å². The van der Waals surface area contributed by atoms with Gasteiger partial charge >= 0.3 is 12.2 Å². The van der Waals surface area contributed by atoms with Crippen molar-refractivity contribution in [2.45, 2.75) is 18.6 Å². The third-order valence-corrected chi connectivity index (χ3v) is 5.58. The van der Waals surface area contributed by atoms with Crippen LogP contribution in [-0.2, 0) is 12.6 Å². The quantitative estimate of drug-likeness (QED) is 0.446. The highest BCUT2D eigenvalue weighted by atomic mass is 19.4. The Balaban J connectivity index is 1.47. The number of anilines is 1. The van der Waals surface area contributed by atoms with E-state index >= 15 is 0 Å². The molecule has 9 nitrogen and oxygen atoms in total. The zero-order chi connectivity index (χ0) is 22.6. The predicted octanol–water partition coefficient (Wildman–Crippen LogP) is 3.67. The predicted molar refractivity (Wildman–Crippen MR) is 109 cm³/mol. The first-order valence-corrected chi connectivity index (χ1v) is 10.1. The fourth-order valence-electron chi connectivity index (χ4n) is 4.11. The van der Waals surface area contributed by atoms with E-state index in [1.807, 2.05) is 0 Å². The summed E-state index contributed by atoms with van der Waals surface area (Å²) in [6.45, 7) is 0.476. The van der Waals surface area contributed by atoms with Crippen molar-refractivity contribution in [2.24, 2.45) is 0 Å². The Labute approximate surface area is 183 Å². The fraction of sp³-hybridized carbons (Fsp3) is 0.190. The summed E-state index contributed by atoms with van der Waals surface area (Å²) in [5.41, 5.74) is 1.64. The van der Waals surface area contributed by atoms with Crippen LogP contribution in [-0.4, -0.2) is 41.3 Å². The average molecular weight is 452 g/mol. The van der Waals surface area contributed by atoms with Crippen molar-refractivity contribution in [3.8, 4) is 11.6 Å². The van der Waals surface area contributed by atoms with E-state index in [-0.39, 0.29) is 17.4 Å². The number of hydrogen-bond acceptors (Lipinski definition) is 7. The van der Waals surface area contributed by atoms with Crippen LogP contribution in [0.2, 0.25) is 0 Å². The minimum atomic E-state index is -4.51. The number of aromatic nitrogens is 7. The van der Waals surface area contributed by atoms with Gasteiger partial charge in [-0.3, -0.25) is 4.98 Å². The van der Waals surface area contributed by atoms with Crippen molar-refractivity contribution in [2.75, 3.05) is 11.4 Å². The SMILES string of the molecule is FC(F)(F)c1cccn2nc([C@@H]3c4nc[nH]c4CCN3c3nnc(-c4ccccn4)o3)cc12. The largest absolute Gasteiger partial charge is 0.418 e. The third kappa shape index (κ3) is 3.22. The van der Waals surface area contributed by atoms with E-state index in [0.29, 0.717) is 30.0 Å². The summed E-state index contributed by atoms with van der Waals surface area (Å²) < 4.78 is 47.8. The van der Waals surface area contributed by atoms with Crippen LogP contribution in [0.5, 0.6) is 0 Å². The molecule has 166 valence electrons. The summed E-state index contributed by atoms with van der Waals surface area (Å²) in [5.74, 6) is 0.242. The van der Waals surface area contributed by atoms with Crippen molar-refractivity contribution in [3.05, 3.63) is 77.8 Å². The van der Waals surface area contributed by atoms with Crippen LogP contribution in [0.4, 0.5) is 19.2 Å². The van der Waals surface area contributed by atoms with Crippen LogP contribution >= 0.6 is 0 Å². The zero-order valence-electron chi connectivity index (χ0n) is 16.9. The van der Waals surface area contributed by atoms with Crippen LogP contribution in [0, 0.1) is 0 Å². The summed E-state index contributed by atoms with van der Waals surface area (Å²) in [7, 11) is 0. The maximum atomic E-state index is 13.6. The molecule has 0 radical (unpaired) electrons. The Morgan fingerprint density at radius 1 is 1.09 bits per heavy atom. The van der Waals surface area contributed by atoms with E-state index in [1.165, 1.54) is 22.8 Å². The van der Waals surface area contributed by atoms with Crippen LogP contribution < -0.4 is 4.90 Å². The summed E-state index contributed by atoms with van der Waals surface area (Å²) in [4.78, 5) is 13.5. The highest BCUT2D eigenvalue weighted by Crippen LogP contribution is 2.38. The van der Waals surface area contributed by atoms with Crippen LogP contribution in [0.1, 0.15) is 28.7 Å². The number of pyridine rings is 2.